The van der Waals surface area contributed by atoms with Crippen LogP contribution in [-0.4, -0.2) is 34.8 Å². The average molecular weight is 268 g/mol. The maximum atomic E-state index is 12.7. The molecule has 0 aromatic carbocycles. The first kappa shape index (κ1) is 16.0. The summed E-state index contributed by atoms with van der Waals surface area (Å²) in [5.74, 6) is 0.294. The molecule has 4 heteroatoms. The summed E-state index contributed by atoms with van der Waals surface area (Å²) in [5.41, 5.74) is 0. The number of hydrogen-bond acceptors (Lipinski definition) is 2. The van der Waals surface area contributed by atoms with Crippen LogP contribution in [0.2, 0.25) is 0 Å². The molecule has 2 amide bonds. The Morgan fingerprint density at radius 1 is 1.21 bits per heavy atom. The summed E-state index contributed by atoms with van der Waals surface area (Å²) in [4.78, 5) is 26.7. The van der Waals surface area contributed by atoms with Crippen LogP contribution in [0.5, 0.6) is 0 Å². The molecule has 0 aliphatic carbocycles. The fourth-order valence-corrected chi connectivity index (χ4v) is 2.84. The third-order valence-corrected chi connectivity index (χ3v) is 4.24. The van der Waals surface area contributed by atoms with E-state index in [1.165, 1.54) is 0 Å². The molecule has 0 saturated carbocycles. The van der Waals surface area contributed by atoms with Crippen molar-refractivity contribution in [3.05, 3.63) is 0 Å². The van der Waals surface area contributed by atoms with Gasteiger partial charge in [0.05, 0.1) is 0 Å². The largest absolute Gasteiger partial charge is 0.342 e. The molecule has 1 saturated heterocycles. The van der Waals surface area contributed by atoms with Crippen molar-refractivity contribution in [1.82, 2.24) is 10.2 Å². The molecule has 0 aromatic heterocycles. The van der Waals surface area contributed by atoms with E-state index in [1.807, 2.05) is 18.7 Å². The highest BCUT2D eigenvalue weighted by atomic mass is 16.2. The normalized spacial score (nSPS) is 27.1. The number of carbonyl (C=O) groups is 2. The Kier molecular flexibility index (Phi) is 5.83. The van der Waals surface area contributed by atoms with Crippen molar-refractivity contribution in [1.29, 1.82) is 0 Å². The number of carbonyl (C=O) groups excluding carboxylic acids is 2. The Labute approximate surface area is 116 Å². The van der Waals surface area contributed by atoms with Crippen molar-refractivity contribution in [2.45, 2.75) is 78.4 Å². The van der Waals surface area contributed by atoms with Crippen LogP contribution < -0.4 is 5.32 Å². The Morgan fingerprint density at radius 3 is 2.32 bits per heavy atom. The second kappa shape index (κ2) is 6.92. The molecule has 1 heterocycles. The zero-order valence-corrected chi connectivity index (χ0v) is 12.9. The van der Waals surface area contributed by atoms with Gasteiger partial charge >= 0.3 is 0 Å². The van der Waals surface area contributed by atoms with E-state index >= 15 is 0 Å². The molecule has 4 unspecified atom stereocenters. The number of hydrogen-bond donors (Lipinski definition) is 1. The first-order chi connectivity index (χ1) is 8.97. The summed E-state index contributed by atoms with van der Waals surface area (Å²) in [7, 11) is 0. The van der Waals surface area contributed by atoms with Crippen molar-refractivity contribution in [2.75, 3.05) is 0 Å². The van der Waals surface area contributed by atoms with Gasteiger partial charge in [-0.15, -0.1) is 0 Å². The molecule has 1 fully saturated rings. The summed E-state index contributed by atoms with van der Waals surface area (Å²) >= 11 is 0. The van der Waals surface area contributed by atoms with E-state index in [-0.39, 0.29) is 35.9 Å². The maximum Gasteiger partial charge on any atom is 0.246 e. The quantitative estimate of drug-likeness (QED) is 0.803. The SMILES string of the molecule is CCCC(C)N1C(=O)C(C(C)CC)NC(=O)C1CC. The summed E-state index contributed by atoms with van der Waals surface area (Å²) in [6, 6.07) is -0.506. The Bertz CT molecular complexity index is 330. The van der Waals surface area contributed by atoms with Crippen LogP contribution in [0.1, 0.15) is 60.3 Å². The van der Waals surface area contributed by atoms with Crippen molar-refractivity contribution in [3.63, 3.8) is 0 Å². The molecule has 110 valence electrons. The van der Waals surface area contributed by atoms with E-state index in [1.54, 1.807) is 0 Å². The van der Waals surface area contributed by atoms with E-state index in [9.17, 15) is 9.59 Å². The van der Waals surface area contributed by atoms with Gasteiger partial charge in [0.1, 0.15) is 12.1 Å². The second-order valence-corrected chi connectivity index (χ2v) is 5.68. The van der Waals surface area contributed by atoms with E-state index in [4.69, 9.17) is 0 Å². The predicted molar refractivity (Wildman–Crippen MR) is 76.7 cm³/mol. The van der Waals surface area contributed by atoms with Gasteiger partial charge in [0.25, 0.3) is 0 Å². The minimum atomic E-state index is -0.348. The summed E-state index contributed by atoms with van der Waals surface area (Å²) in [5, 5.41) is 2.91. The van der Waals surface area contributed by atoms with Gasteiger partial charge in [0.15, 0.2) is 0 Å². The highest BCUT2D eigenvalue weighted by Gasteiger charge is 2.42. The maximum absolute atomic E-state index is 12.7. The van der Waals surface area contributed by atoms with E-state index < -0.39 is 0 Å². The Balaban J connectivity index is 2.98. The molecule has 0 bridgehead atoms. The Hall–Kier alpha value is -1.06. The van der Waals surface area contributed by atoms with Gasteiger partial charge in [-0.3, -0.25) is 9.59 Å². The van der Waals surface area contributed by atoms with Crippen LogP contribution in [0.3, 0.4) is 0 Å². The first-order valence-corrected chi connectivity index (χ1v) is 7.60. The molecule has 1 aliphatic rings. The van der Waals surface area contributed by atoms with Crippen molar-refractivity contribution < 1.29 is 9.59 Å². The standard InChI is InChI=1S/C15H28N2O2/c1-6-9-11(5)17-12(8-3)14(18)16-13(15(17)19)10(4)7-2/h10-13H,6-9H2,1-5H3,(H,16,18). The van der Waals surface area contributed by atoms with Crippen LogP contribution in [-0.2, 0) is 9.59 Å². The van der Waals surface area contributed by atoms with Crippen molar-refractivity contribution in [2.24, 2.45) is 5.92 Å². The van der Waals surface area contributed by atoms with Gasteiger partial charge in [0.2, 0.25) is 11.8 Å². The summed E-state index contributed by atoms with van der Waals surface area (Å²) in [6.45, 7) is 10.2. The molecule has 4 nitrogen and oxygen atoms in total. The van der Waals surface area contributed by atoms with Gasteiger partial charge in [-0.2, -0.15) is 0 Å². The third kappa shape index (κ3) is 3.28. The third-order valence-electron chi connectivity index (χ3n) is 4.24. The lowest BCUT2D eigenvalue weighted by Gasteiger charge is -2.43. The second-order valence-electron chi connectivity index (χ2n) is 5.68. The first-order valence-electron chi connectivity index (χ1n) is 7.60. The number of rotatable bonds is 6. The van der Waals surface area contributed by atoms with Crippen molar-refractivity contribution >= 4 is 11.8 Å². The molecule has 0 radical (unpaired) electrons. The highest BCUT2D eigenvalue weighted by molar-refractivity contribution is 5.97. The fourth-order valence-electron chi connectivity index (χ4n) is 2.84. The lowest BCUT2D eigenvalue weighted by molar-refractivity contribution is -0.153. The topological polar surface area (TPSA) is 49.4 Å². The van der Waals surface area contributed by atoms with Crippen LogP contribution in [0.15, 0.2) is 0 Å². The number of nitrogens with one attached hydrogen (secondary N) is 1. The number of nitrogens with zero attached hydrogens (tertiary/aromatic N) is 1. The van der Waals surface area contributed by atoms with Crippen molar-refractivity contribution in [3.8, 4) is 0 Å². The zero-order chi connectivity index (χ0) is 14.6. The molecule has 0 aromatic rings. The molecule has 1 aliphatic heterocycles. The molecule has 0 spiro atoms. The zero-order valence-electron chi connectivity index (χ0n) is 12.9. The fraction of sp³-hybridized carbons (Fsp3) is 0.867. The average Bonchev–Trinajstić information content (AvgIpc) is 2.39. The van der Waals surface area contributed by atoms with Gasteiger partial charge < -0.3 is 10.2 Å². The summed E-state index contributed by atoms with van der Waals surface area (Å²) in [6.07, 6.45) is 3.54. The van der Waals surface area contributed by atoms with Gasteiger partial charge in [-0.25, -0.2) is 0 Å². The highest BCUT2D eigenvalue weighted by Crippen LogP contribution is 2.23. The van der Waals surface area contributed by atoms with E-state index in [0.29, 0.717) is 6.42 Å². The molecule has 1 N–H and O–H groups in total. The van der Waals surface area contributed by atoms with Crippen LogP contribution in [0.25, 0.3) is 0 Å². The van der Waals surface area contributed by atoms with Crippen LogP contribution in [0, 0.1) is 5.92 Å². The lowest BCUT2D eigenvalue weighted by atomic mass is 9.92. The molecular formula is C15H28N2O2. The summed E-state index contributed by atoms with van der Waals surface area (Å²) < 4.78 is 0. The monoisotopic (exact) mass is 268 g/mol. The van der Waals surface area contributed by atoms with Crippen LogP contribution >= 0.6 is 0 Å². The lowest BCUT2D eigenvalue weighted by Crippen LogP contribution is -2.66. The van der Waals surface area contributed by atoms with Gasteiger partial charge in [-0.1, -0.05) is 40.5 Å². The number of piperazine rings is 1. The van der Waals surface area contributed by atoms with E-state index in [0.717, 1.165) is 19.3 Å². The van der Waals surface area contributed by atoms with Crippen LogP contribution in [0.4, 0.5) is 0 Å². The predicted octanol–water partition coefficient (Wildman–Crippen LogP) is 2.33. The molecule has 1 rings (SSSR count). The van der Waals surface area contributed by atoms with Gasteiger partial charge in [-0.05, 0) is 25.7 Å². The minimum Gasteiger partial charge on any atom is -0.342 e. The molecular weight excluding hydrogens is 240 g/mol. The smallest absolute Gasteiger partial charge is 0.246 e. The molecule has 4 atom stereocenters. The minimum absolute atomic E-state index is 0.00959. The van der Waals surface area contributed by atoms with E-state index in [2.05, 4.69) is 26.1 Å². The number of amides is 2. The molecule has 19 heavy (non-hydrogen) atoms. The Morgan fingerprint density at radius 2 is 1.84 bits per heavy atom. The van der Waals surface area contributed by atoms with Gasteiger partial charge in [0, 0.05) is 6.04 Å².